The molecule has 2 aromatic rings. The van der Waals surface area contributed by atoms with E-state index in [0.29, 0.717) is 23.6 Å². The zero-order chi connectivity index (χ0) is 19.4. The quantitative estimate of drug-likeness (QED) is 0.786. The summed E-state index contributed by atoms with van der Waals surface area (Å²) >= 11 is 1.54. The van der Waals surface area contributed by atoms with E-state index in [9.17, 15) is 9.59 Å². The van der Waals surface area contributed by atoms with Crippen LogP contribution in [0.25, 0.3) is 0 Å². The maximum Gasteiger partial charge on any atom is 0.303 e. The Kier molecular flexibility index (Phi) is 5.75. The molecule has 1 amide bonds. The van der Waals surface area contributed by atoms with Gasteiger partial charge in [-0.15, -0.1) is 11.3 Å². The molecule has 0 aliphatic carbocycles. The minimum Gasteiger partial charge on any atom is -0.497 e. The normalized spacial score (nSPS) is 16.1. The van der Waals surface area contributed by atoms with Crippen molar-refractivity contribution in [1.29, 1.82) is 0 Å². The maximum atomic E-state index is 12.6. The van der Waals surface area contributed by atoms with Crippen LogP contribution in [0.5, 0.6) is 11.5 Å². The Labute approximate surface area is 160 Å². The van der Waals surface area contributed by atoms with Gasteiger partial charge in [-0.05, 0) is 29.6 Å². The zero-order valence-electron chi connectivity index (χ0n) is 15.0. The van der Waals surface area contributed by atoms with Crippen molar-refractivity contribution in [3.8, 4) is 11.5 Å². The lowest BCUT2D eigenvalue weighted by Crippen LogP contribution is -2.26. The number of carboxylic acids is 1. The molecule has 1 N–H and O–H groups in total. The van der Waals surface area contributed by atoms with E-state index in [-0.39, 0.29) is 24.8 Å². The molecule has 0 bridgehead atoms. The van der Waals surface area contributed by atoms with E-state index in [1.54, 1.807) is 37.7 Å². The summed E-state index contributed by atoms with van der Waals surface area (Å²) in [5.74, 6) is -0.0160. The van der Waals surface area contributed by atoms with Crippen molar-refractivity contribution in [2.75, 3.05) is 14.2 Å². The van der Waals surface area contributed by atoms with Gasteiger partial charge in [0.25, 0.3) is 0 Å². The van der Waals surface area contributed by atoms with Gasteiger partial charge in [0.1, 0.15) is 11.5 Å². The summed E-state index contributed by atoms with van der Waals surface area (Å²) in [7, 11) is 3.16. The van der Waals surface area contributed by atoms with Crippen LogP contribution in [0.2, 0.25) is 0 Å². The van der Waals surface area contributed by atoms with Crippen molar-refractivity contribution in [3.63, 3.8) is 0 Å². The number of amides is 1. The predicted octanol–water partition coefficient (Wildman–Crippen LogP) is 3.31. The smallest absolute Gasteiger partial charge is 0.303 e. The lowest BCUT2D eigenvalue weighted by Gasteiger charge is -2.20. The first-order chi connectivity index (χ1) is 13.0. The number of carboxylic acid groups (broad SMARTS) is 1. The number of hydrazone groups is 1. The molecular weight excluding hydrogens is 368 g/mol. The van der Waals surface area contributed by atoms with Gasteiger partial charge in [-0.1, -0.05) is 6.07 Å². The largest absolute Gasteiger partial charge is 0.497 e. The van der Waals surface area contributed by atoms with Crippen LogP contribution in [0.1, 0.15) is 35.7 Å². The van der Waals surface area contributed by atoms with Gasteiger partial charge in [0.2, 0.25) is 5.91 Å². The van der Waals surface area contributed by atoms with E-state index in [4.69, 9.17) is 14.6 Å². The molecular formula is C19H20N2O5S. The Hall–Kier alpha value is -2.87. The first-order valence-corrected chi connectivity index (χ1v) is 9.28. The third kappa shape index (κ3) is 4.11. The average Bonchev–Trinajstić information content (AvgIpc) is 3.34. The highest BCUT2D eigenvalue weighted by Crippen LogP contribution is 2.38. The lowest BCUT2D eigenvalue weighted by atomic mass is 10.0. The summed E-state index contributed by atoms with van der Waals surface area (Å²) in [6.45, 7) is 0. The van der Waals surface area contributed by atoms with Gasteiger partial charge < -0.3 is 14.6 Å². The van der Waals surface area contributed by atoms with Gasteiger partial charge in [0, 0.05) is 23.3 Å². The predicted molar refractivity (Wildman–Crippen MR) is 101 cm³/mol. The topological polar surface area (TPSA) is 88.4 Å². The Morgan fingerprint density at radius 2 is 2.07 bits per heavy atom. The standard InChI is InChI=1S/C19H20N2O5S/c1-25-12-5-6-16(26-2)13(10-12)14-11-15(17-4-3-9-27-17)21(20-14)18(22)7-8-19(23)24/h3-6,9-10,15H,7-8,11H2,1-2H3,(H,23,24). The Morgan fingerprint density at radius 3 is 2.70 bits per heavy atom. The molecule has 1 atom stereocenters. The van der Waals surface area contributed by atoms with E-state index in [1.165, 1.54) is 5.01 Å². The average molecular weight is 388 g/mol. The Bertz CT molecular complexity index is 863. The van der Waals surface area contributed by atoms with Crippen LogP contribution in [0, 0.1) is 0 Å². The maximum absolute atomic E-state index is 12.6. The van der Waals surface area contributed by atoms with E-state index in [2.05, 4.69) is 5.10 Å². The molecule has 2 heterocycles. The number of aliphatic carboxylic acids is 1. The second-order valence-electron chi connectivity index (χ2n) is 5.98. The monoisotopic (exact) mass is 388 g/mol. The van der Waals surface area contributed by atoms with Crippen LogP contribution < -0.4 is 9.47 Å². The fraction of sp³-hybridized carbons (Fsp3) is 0.316. The molecule has 1 aliphatic rings. The van der Waals surface area contributed by atoms with Gasteiger partial charge in [-0.25, -0.2) is 5.01 Å². The van der Waals surface area contributed by atoms with Gasteiger partial charge in [-0.2, -0.15) is 5.10 Å². The number of thiophene rings is 1. The number of hydrogen-bond acceptors (Lipinski definition) is 6. The van der Waals surface area contributed by atoms with Crippen LogP contribution in [0.4, 0.5) is 0 Å². The van der Waals surface area contributed by atoms with Gasteiger partial charge in [0.15, 0.2) is 0 Å². The lowest BCUT2D eigenvalue weighted by molar-refractivity contribution is -0.141. The summed E-state index contributed by atoms with van der Waals surface area (Å²) in [4.78, 5) is 24.4. The van der Waals surface area contributed by atoms with Crippen molar-refractivity contribution >= 4 is 28.9 Å². The number of benzene rings is 1. The minimum atomic E-state index is -1.01. The van der Waals surface area contributed by atoms with Crippen LogP contribution in [-0.4, -0.2) is 41.9 Å². The Morgan fingerprint density at radius 1 is 1.26 bits per heavy atom. The third-order valence-electron chi connectivity index (χ3n) is 4.31. The number of nitrogens with zero attached hydrogens (tertiary/aromatic N) is 2. The summed E-state index contributed by atoms with van der Waals surface area (Å²) in [6.07, 6.45) is 0.200. The number of carbonyl (C=O) groups is 2. The first-order valence-electron chi connectivity index (χ1n) is 8.40. The number of rotatable bonds is 7. The summed E-state index contributed by atoms with van der Waals surface area (Å²) < 4.78 is 10.7. The van der Waals surface area contributed by atoms with E-state index in [0.717, 1.165) is 10.4 Å². The van der Waals surface area contributed by atoms with E-state index >= 15 is 0 Å². The highest BCUT2D eigenvalue weighted by molar-refractivity contribution is 7.10. The van der Waals surface area contributed by atoms with Crippen molar-refractivity contribution in [2.24, 2.45) is 5.10 Å². The number of hydrogen-bond donors (Lipinski definition) is 1. The fourth-order valence-electron chi connectivity index (χ4n) is 2.97. The summed E-state index contributed by atoms with van der Waals surface area (Å²) in [6, 6.07) is 9.04. The fourth-order valence-corrected chi connectivity index (χ4v) is 3.79. The Balaban J connectivity index is 1.95. The zero-order valence-corrected chi connectivity index (χ0v) is 15.9. The first kappa shape index (κ1) is 18.9. The van der Waals surface area contributed by atoms with Crippen LogP contribution in [0.15, 0.2) is 40.8 Å². The molecule has 3 rings (SSSR count). The summed E-state index contributed by atoms with van der Waals surface area (Å²) in [5.41, 5.74) is 1.46. The summed E-state index contributed by atoms with van der Waals surface area (Å²) in [5, 5.41) is 16.8. The van der Waals surface area contributed by atoms with E-state index < -0.39 is 5.97 Å². The molecule has 142 valence electrons. The highest BCUT2D eigenvalue weighted by Gasteiger charge is 2.34. The minimum absolute atomic E-state index is 0.0940. The molecule has 1 unspecified atom stereocenters. The van der Waals surface area contributed by atoms with Gasteiger partial charge >= 0.3 is 5.97 Å². The molecule has 0 radical (unpaired) electrons. The van der Waals surface area contributed by atoms with E-state index in [1.807, 2.05) is 23.6 Å². The van der Waals surface area contributed by atoms with Crippen LogP contribution >= 0.6 is 11.3 Å². The molecule has 7 nitrogen and oxygen atoms in total. The van der Waals surface area contributed by atoms with Crippen molar-refractivity contribution in [2.45, 2.75) is 25.3 Å². The van der Waals surface area contributed by atoms with Crippen molar-refractivity contribution < 1.29 is 24.2 Å². The molecule has 8 heteroatoms. The number of ether oxygens (including phenoxy) is 2. The molecule has 0 saturated heterocycles. The van der Waals surface area contributed by atoms with Crippen molar-refractivity contribution in [3.05, 3.63) is 46.2 Å². The molecule has 1 aliphatic heterocycles. The van der Waals surface area contributed by atoms with Gasteiger partial charge in [-0.3, -0.25) is 9.59 Å². The third-order valence-corrected chi connectivity index (χ3v) is 5.28. The SMILES string of the molecule is COc1ccc(OC)c(C2=NN(C(=O)CCC(=O)O)C(c3cccs3)C2)c1. The van der Waals surface area contributed by atoms with Crippen molar-refractivity contribution in [1.82, 2.24) is 5.01 Å². The second kappa shape index (κ2) is 8.22. The molecule has 0 spiro atoms. The highest BCUT2D eigenvalue weighted by atomic mass is 32.1. The van der Waals surface area contributed by atoms with Gasteiger partial charge in [0.05, 0.1) is 32.4 Å². The molecule has 0 saturated carbocycles. The van der Waals surface area contributed by atoms with Crippen LogP contribution in [-0.2, 0) is 9.59 Å². The van der Waals surface area contributed by atoms with Crippen LogP contribution in [0.3, 0.4) is 0 Å². The molecule has 27 heavy (non-hydrogen) atoms. The molecule has 1 aromatic heterocycles. The number of methoxy groups -OCH3 is 2. The second-order valence-corrected chi connectivity index (χ2v) is 6.96. The number of carbonyl (C=O) groups excluding carboxylic acids is 1. The molecule has 0 fully saturated rings. The molecule has 1 aromatic carbocycles.